The maximum absolute atomic E-state index is 10.8. The number of ether oxygens (including phenoxy) is 1. The lowest BCUT2D eigenvalue weighted by Crippen LogP contribution is -1.99. The van der Waals surface area contributed by atoms with Gasteiger partial charge in [-0.2, -0.15) is 0 Å². The van der Waals surface area contributed by atoms with Crippen molar-refractivity contribution in [1.82, 2.24) is 0 Å². The van der Waals surface area contributed by atoms with Crippen LogP contribution >= 0.6 is 12.4 Å². The Labute approximate surface area is 100 Å². The number of halogens is 1. The van der Waals surface area contributed by atoms with Crippen LogP contribution in [0.25, 0.3) is 0 Å². The fourth-order valence-electron chi connectivity index (χ4n) is 1.51. The second-order valence-corrected chi connectivity index (χ2v) is 3.80. The van der Waals surface area contributed by atoms with Gasteiger partial charge in [0.15, 0.2) is 0 Å². The molecule has 0 saturated heterocycles. The van der Waals surface area contributed by atoms with Gasteiger partial charge in [-0.15, -0.1) is 12.4 Å². The van der Waals surface area contributed by atoms with Gasteiger partial charge in [-0.05, 0) is 6.42 Å². The van der Waals surface area contributed by atoms with Crippen LogP contribution in [0.1, 0.15) is 64.7 Å². The molecule has 92 valence electrons. The minimum Gasteiger partial charge on any atom is -0.469 e. The van der Waals surface area contributed by atoms with Crippen molar-refractivity contribution in [3.8, 4) is 0 Å². The van der Waals surface area contributed by atoms with Gasteiger partial charge in [-0.3, -0.25) is 4.79 Å². The molecule has 0 amide bonds. The second kappa shape index (κ2) is 13.8. The molecule has 0 spiro atoms. The zero-order valence-corrected chi connectivity index (χ0v) is 10.9. The summed E-state index contributed by atoms with van der Waals surface area (Å²) in [6.07, 6.45) is 10.7. The highest BCUT2D eigenvalue weighted by Crippen LogP contribution is 2.09. The Morgan fingerprint density at radius 1 is 0.933 bits per heavy atom. The number of carbonyl (C=O) groups is 1. The Morgan fingerprint density at radius 3 is 1.87 bits per heavy atom. The van der Waals surface area contributed by atoms with Gasteiger partial charge in [0.2, 0.25) is 0 Å². The molecule has 0 aromatic heterocycles. The number of esters is 1. The van der Waals surface area contributed by atoms with Crippen LogP contribution in [0.3, 0.4) is 0 Å². The lowest BCUT2D eigenvalue weighted by atomic mass is 10.1. The first kappa shape index (κ1) is 17.2. The Bertz CT molecular complexity index is 138. The van der Waals surface area contributed by atoms with E-state index in [-0.39, 0.29) is 18.4 Å². The van der Waals surface area contributed by atoms with E-state index in [9.17, 15) is 4.79 Å². The highest BCUT2D eigenvalue weighted by Gasteiger charge is 1.98. The Morgan fingerprint density at radius 2 is 1.40 bits per heavy atom. The van der Waals surface area contributed by atoms with Crippen molar-refractivity contribution in [3.63, 3.8) is 0 Å². The quantitative estimate of drug-likeness (QED) is 0.445. The van der Waals surface area contributed by atoms with Gasteiger partial charge in [0, 0.05) is 6.42 Å². The van der Waals surface area contributed by atoms with Crippen molar-refractivity contribution in [2.45, 2.75) is 64.7 Å². The summed E-state index contributed by atoms with van der Waals surface area (Å²) < 4.78 is 4.57. The molecule has 15 heavy (non-hydrogen) atoms. The molecular formula is C12H25ClO2. The molecule has 0 rings (SSSR count). The molecule has 2 nitrogen and oxygen atoms in total. The zero-order valence-electron chi connectivity index (χ0n) is 10.1. The number of carbonyl (C=O) groups excluding carboxylic acids is 1. The van der Waals surface area contributed by atoms with Gasteiger partial charge in [0.1, 0.15) is 0 Å². The van der Waals surface area contributed by atoms with E-state index in [1.165, 1.54) is 52.1 Å². The fraction of sp³-hybridized carbons (Fsp3) is 0.917. The summed E-state index contributed by atoms with van der Waals surface area (Å²) in [4.78, 5) is 10.8. The lowest BCUT2D eigenvalue weighted by Gasteiger charge is -2.00. The number of unbranched alkanes of at least 4 members (excludes halogenated alkanes) is 7. The van der Waals surface area contributed by atoms with E-state index < -0.39 is 0 Å². The van der Waals surface area contributed by atoms with Crippen molar-refractivity contribution in [1.29, 1.82) is 0 Å². The van der Waals surface area contributed by atoms with Gasteiger partial charge in [0.05, 0.1) is 7.11 Å². The van der Waals surface area contributed by atoms with Crippen LogP contribution in [0.5, 0.6) is 0 Å². The molecule has 0 N–H and O–H groups in total. The summed E-state index contributed by atoms with van der Waals surface area (Å²) in [5.74, 6) is -0.0732. The number of hydrogen-bond donors (Lipinski definition) is 0. The SMILES string of the molecule is CCCCCCCCCCC(=O)OC.Cl. The number of rotatable bonds is 9. The third-order valence-electron chi connectivity index (χ3n) is 2.46. The zero-order chi connectivity index (χ0) is 10.6. The van der Waals surface area contributed by atoms with E-state index in [0.29, 0.717) is 6.42 Å². The first-order chi connectivity index (χ1) is 6.81. The third kappa shape index (κ3) is 13.8. The van der Waals surface area contributed by atoms with Crippen LogP contribution in [0, 0.1) is 0 Å². The predicted molar refractivity (Wildman–Crippen MR) is 66.5 cm³/mol. The van der Waals surface area contributed by atoms with Crippen LogP contribution in [-0.2, 0) is 9.53 Å². The molecule has 0 fully saturated rings. The van der Waals surface area contributed by atoms with Crippen molar-refractivity contribution < 1.29 is 9.53 Å². The van der Waals surface area contributed by atoms with E-state index >= 15 is 0 Å². The molecule has 3 heteroatoms. The Kier molecular flexibility index (Phi) is 15.7. The molecule has 0 aromatic rings. The van der Waals surface area contributed by atoms with Crippen molar-refractivity contribution >= 4 is 18.4 Å². The molecule has 0 aliphatic carbocycles. The number of hydrogen-bond acceptors (Lipinski definition) is 2. The fourth-order valence-corrected chi connectivity index (χ4v) is 1.51. The van der Waals surface area contributed by atoms with Gasteiger partial charge in [-0.25, -0.2) is 0 Å². The summed E-state index contributed by atoms with van der Waals surface area (Å²) in [7, 11) is 1.45. The van der Waals surface area contributed by atoms with Crippen LogP contribution in [0.2, 0.25) is 0 Å². The summed E-state index contributed by atoms with van der Waals surface area (Å²) in [6, 6.07) is 0. The standard InChI is InChI=1S/C12H24O2.ClH/c1-3-4-5-6-7-8-9-10-11-12(13)14-2;/h3-11H2,1-2H3;1H. The minimum atomic E-state index is -0.0732. The first-order valence-electron chi connectivity index (χ1n) is 5.88. The van der Waals surface area contributed by atoms with Crippen molar-refractivity contribution in [2.75, 3.05) is 7.11 Å². The largest absolute Gasteiger partial charge is 0.469 e. The first-order valence-corrected chi connectivity index (χ1v) is 5.88. The topological polar surface area (TPSA) is 26.3 Å². The molecule has 0 atom stereocenters. The maximum Gasteiger partial charge on any atom is 0.305 e. The Hall–Kier alpha value is -0.240. The van der Waals surface area contributed by atoms with E-state index in [2.05, 4.69) is 11.7 Å². The maximum atomic E-state index is 10.8. The second-order valence-electron chi connectivity index (χ2n) is 3.80. The normalized spacial score (nSPS) is 9.47. The van der Waals surface area contributed by atoms with Gasteiger partial charge in [-0.1, -0.05) is 51.9 Å². The van der Waals surface area contributed by atoms with Gasteiger partial charge < -0.3 is 4.74 Å². The Balaban J connectivity index is 0. The smallest absolute Gasteiger partial charge is 0.305 e. The summed E-state index contributed by atoms with van der Waals surface area (Å²) in [5.41, 5.74) is 0. The van der Waals surface area contributed by atoms with E-state index in [4.69, 9.17) is 0 Å². The van der Waals surface area contributed by atoms with Gasteiger partial charge in [0.25, 0.3) is 0 Å². The average molecular weight is 237 g/mol. The minimum absolute atomic E-state index is 0. The summed E-state index contributed by atoms with van der Waals surface area (Å²) in [5, 5.41) is 0. The highest BCUT2D eigenvalue weighted by molar-refractivity contribution is 5.85. The van der Waals surface area contributed by atoms with E-state index in [1.807, 2.05) is 0 Å². The molecule has 0 bridgehead atoms. The average Bonchev–Trinajstić information content (AvgIpc) is 2.21. The van der Waals surface area contributed by atoms with Crippen molar-refractivity contribution in [2.24, 2.45) is 0 Å². The predicted octanol–water partition coefficient (Wildman–Crippen LogP) is 4.11. The van der Waals surface area contributed by atoms with Crippen LogP contribution in [0.4, 0.5) is 0 Å². The third-order valence-corrected chi connectivity index (χ3v) is 2.46. The highest BCUT2D eigenvalue weighted by atomic mass is 35.5. The molecular weight excluding hydrogens is 212 g/mol. The molecule has 0 unspecified atom stereocenters. The monoisotopic (exact) mass is 236 g/mol. The van der Waals surface area contributed by atoms with Crippen LogP contribution in [0.15, 0.2) is 0 Å². The molecule has 0 aliphatic rings. The van der Waals surface area contributed by atoms with E-state index in [1.54, 1.807) is 0 Å². The molecule has 0 aromatic carbocycles. The van der Waals surface area contributed by atoms with Crippen molar-refractivity contribution in [3.05, 3.63) is 0 Å². The summed E-state index contributed by atoms with van der Waals surface area (Å²) >= 11 is 0. The van der Waals surface area contributed by atoms with Crippen LogP contribution < -0.4 is 0 Å². The van der Waals surface area contributed by atoms with Crippen LogP contribution in [-0.4, -0.2) is 13.1 Å². The lowest BCUT2D eigenvalue weighted by molar-refractivity contribution is -0.140. The molecule has 0 saturated carbocycles. The number of methoxy groups -OCH3 is 1. The van der Waals surface area contributed by atoms with E-state index in [0.717, 1.165) is 6.42 Å². The summed E-state index contributed by atoms with van der Waals surface area (Å²) in [6.45, 7) is 2.23. The molecule has 0 aliphatic heterocycles. The molecule has 0 heterocycles. The molecule has 0 radical (unpaired) electrons. The van der Waals surface area contributed by atoms with Gasteiger partial charge >= 0.3 is 5.97 Å².